The van der Waals surface area contributed by atoms with Crippen LogP contribution in [0.15, 0.2) is 0 Å². The van der Waals surface area contributed by atoms with Crippen LogP contribution in [0.5, 0.6) is 0 Å². The number of carbonyl (C=O) groups excluding carboxylic acids is 1. The fourth-order valence-corrected chi connectivity index (χ4v) is 1.61. The van der Waals surface area contributed by atoms with E-state index in [2.05, 4.69) is 0 Å². The number of nitrogens with zero attached hydrogens (tertiary/aromatic N) is 1. The molecule has 0 aromatic carbocycles. The first-order valence-corrected chi connectivity index (χ1v) is 4.30. The highest BCUT2D eigenvalue weighted by molar-refractivity contribution is 5.77. The number of rotatable bonds is 2. The Morgan fingerprint density at radius 1 is 1.42 bits per heavy atom. The fraction of sp³-hybridized carbons (Fsp3) is 0.875. The third-order valence-corrected chi connectivity index (χ3v) is 2.29. The molecule has 1 fully saturated rings. The molecule has 1 rings (SSSR count). The molecule has 0 spiro atoms. The van der Waals surface area contributed by atoms with Gasteiger partial charge in [-0.3, -0.25) is 4.79 Å². The van der Waals surface area contributed by atoms with E-state index in [1.54, 1.807) is 4.90 Å². The average Bonchev–Trinajstić information content (AvgIpc) is 2.16. The van der Waals surface area contributed by atoms with Crippen molar-refractivity contribution in [1.82, 2.24) is 4.90 Å². The molecular weight excluding hydrogens is 158 g/mol. The van der Waals surface area contributed by atoms with E-state index < -0.39 is 6.61 Å². The lowest BCUT2D eigenvalue weighted by Crippen LogP contribution is -2.46. The van der Waals surface area contributed by atoms with Gasteiger partial charge in [0.05, 0.1) is 12.6 Å². The first kappa shape index (κ1) is 9.48. The topological polar surface area (TPSA) is 60.8 Å². The molecule has 1 saturated heterocycles. The van der Waals surface area contributed by atoms with Crippen molar-refractivity contribution in [3.05, 3.63) is 0 Å². The molecule has 0 unspecified atom stereocenters. The van der Waals surface area contributed by atoms with Gasteiger partial charge in [0.1, 0.15) is 6.61 Å². The smallest absolute Gasteiger partial charge is 0.248 e. The summed E-state index contributed by atoms with van der Waals surface area (Å²) in [6, 6.07) is -0.0709. The van der Waals surface area contributed by atoms with Crippen molar-refractivity contribution < 1.29 is 15.0 Å². The van der Waals surface area contributed by atoms with Gasteiger partial charge in [-0.1, -0.05) is 0 Å². The lowest BCUT2D eigenvalue weighted by Gasteiger charge is -2.34. The number of hydrogen-bond acceptors (Lipinski definition) is 3. The normalized spacial score (nSPS) is 24.2. The average molecular weight is 173 g/mol. The van der Waals surface area contributed by atoms with Crippen molar-refractivity contribution in [2.24, 2.45) is 0 Å². The van der Waals surface area contributed by atoms with Crippen molar-refractivity contribution in [2.75, 3.05) is 19.8 Å². The zero-order valence-corrected chi connectivity index (χ0v) is 7.07. The molecule has 4 heteroatoms. The SMILES string of the molecule is O=C(CO)N1CCCC[C@H]1CO. The Hall–Kier alpha value is -0.610. The second-order valence-corrected chi connectivity index (χ2v) is 3.08. The minimum Gasteiger partial charge on any atom is -0.394 e. The van der Waals surface area contributed by atoms with Crippen molar-refractivity contribution in [3.63, 3.8) is 0 Å². The molecule has 12 heavy (non-hydrogen) atoms. The van der Waals surface area contributed by atoms with E-state index in [9.17, 15) is 4.79 Å². The summed E-state index contributed by atoms with van der Waals surface area (Å²) in [6.45, 7) is 0.229. The molecule has 0 aliphatic carbocycles. The first-order chi connectivity index (χ1) is 5.79. The van der Waals surface area contributed by atoms with Crippen molar-refractivity contribution in [2.45, 2.75) is 25.3 Å². The summed E-state index contributed by atoms with van der Waals surface area (Å²) in [4.78, 5) is 12.7. The van der Waals surface area contributed by atoms with Gasteiger partial charge in [0.25, 0.3) is 0 Å². The molecule has 1 atom stereocenters. The van der Waals surface area contributed by atoms with Crippen LogP contribution in [0.4, 0.5) is 0 Å². The number of likely N-dealkylation sites (tertiary alicyclic amines) is 1. The second-order valence-electron chi connectivity index (χ2n) is 3.08. The Morgan fingerprint density at radius 3 is 2.75 bits per heavy atom. The van der Waals surface area contributed by atoms with E-state index >= 15 is 0 Å². The molecule has 1 aliphatic heterocycles. The van der Waals surface area contributed by atoms with Crippen LogP contribution >= 0.6 is 0 Å². The molecule has 1 amide bonds. The van der Waals surface area contributed by atoms with Crippen molar-refractivity contribution >= 4 is 5.91 Å². The molecule has 1 aliphatic rings. The molecule has 1 heterocycles. The summed E-state index contributed by atoms with van der Waals surface area (Å²) in [7, 11) is 0. The Bertz CT molecular complexity index is 160. The van der Waals surface area contributed by atoms with Crippen LogP contribution < -0.4 is 0 Å². The summed E-state index contributed by atoms with van der Waals surface area (Å²) in [5.41, 5.74) is 0. The number of hydrogen-bond donors (Lipinski definition) is 2. The minimum atomic E-state index is -0.448. The highest BCUT2D eigenvalue weighted by Gasteiger charge is 2.24. The van der Waals surface area contributed by atoms with Gasteiger partial charge in [-0.15, -0.1) is 0 Å². The quantitative estimate of drug-likeness (QED) is 0.583. The summed E-state index contributed by atoms with van der Waals surface area (Å²) < 4.78 is 0. The molecular formula is C8H15NO3. The van der Waals surface area contributed by atoms with Crippen LogP contribution in [0, 0.1) is 0 Å². The molecule has 70 valence electrons. The largest absolute Gasteiger partial charge is 0.394 e. The van der Waals surface area contributed by atoms with Gasteiger partial charge in [0.2, 0.25) is 5.91 Å². The zero-order valence-electron chi connectivity index (χ0n) is 7.07. The maximum atomic E-state index is 11.1. The van der Waals surface area contributed by atoms with Crippen molar-refractivity contribution in [1.29, 1.82) is 0 Å². The molecule has 0 bridgehead atoms. The van der Waals surface area contributed by atoms with E-state index in [0.29, 0.717) is 6.54 Å². The summed E-state index contributed by atoms with van der Waals surface area (Å²) in [5, 5.41) is 17.6. The Labute approximate surface area is 71.8 Å². The van der Waals surface area contributed by atoms with Crippen LogP contribution in [-0.4, -0.2) is 46.8 Å². The lowest BCUT2D eigenvalue weighted by atomic mass is 10.0. The Morgan fingerprint density at radius 2 is 2.17 bits per heavy atom. The summed E-state index contributed by atoms with van der Waals surface area (Å²) >= 11 is 0. The maximum Gasteiger partial charge on any atom is 0.248 e. The molecule has 2 N–H and O–H groups in total. The Balaban J connectivity index is 2.52. The second kappa shape index (κ2) is 4.42. The van der Waals surface area contributed by atoms with Crippen LogP contribution in [0.3, 0.4) is 0 Å². The number of amides is 1. The fourth-order valence-electron chi connectivity index (χ4n) is 1.61. The van der Waals surface area contributed by atoms with E-state index in [1.165, 1.54) is 0 Å². The van der Waals surface area contributed by atoms with E-state index in [4.69, 9.17) is 10.2 Å². The third kappa shape index (κ3) is 1.95. The summed E-state index contributed by atoms with van der Waals surface area (Å²) in [6.07, 6.45) is 2.88. The van der Waals surface area contributed by atoms with E-state index in [-0.39, 0.29) is 18.6 Å². The van der Waals surface area contributed by atoms with Gasteiger partial charge in [-0.25, -0.2) is 0 Å². The summed E-state index contributed by atoms with van der Waals surface area (Å²) in [5.74, 6) is -0.270. The first-order valence-electron chi connectivity index (χ1n) is 4.30. The van der Waals surface area contributed by atoms with Gasteiger partial charge < -0.3 is 15.1 Å². The Kier molecular flexibility index (Phi) is 3.49. The monoisotopic (exact) mass is 173 g/mol. The molecule has 0 aromatic rings. The van der Waals surface area contributed by atoms with E-state index in [1.807, 2.05) is 0 Å². The highest BCUT2D eigenvalue weighted by atomic mass is 16.3. The van der Waals surface area contributed by atoms with Gasteiger partial charge in [0.15, 0.2) is 0 Å². The number of aliphatic hydroxyl groups is 2. The van der Waals surface area contributed by atoms with E-state index in [0.717, 1.165) is 19.3 Å². The number of carbonyl (C=O) groups is 1. The molecule has 0 saturated carbocycles. The van der Waals surface area contributed by atoms with Gasteiger partial charge in [-0.05, 0) is 19.3 Å². The zero-order chi connectivity index (χ0) is 8.97. The van der Waals surface area contributed by atoms with Crippen LogP contribution in [0.1, 0.15) is 19.3 Å². The predicted molar refractivity (Wildman–Crippen MR) is 43.5 cm³/mol. The van der Waals surface area contributed by atoms with Gasteiger partial charge >= 0.3 is 0 Å². The van der Waals surface area contributed by atoms with Crippen LogP contribution in [-0.2, 0) is 4.79 Å². The lowest BCUT2D eigenvalue weighted by molar-refractivity contribution is -0.138. The molecule has 4 nitrogen and oxygen atoms in total. The van der Waals surface area contributed by atoms with Crippen LogP contribution in [0.25, 0.3) is 0 Å². The highest BCUT2D eigenvalue weighted by Crippen LogP contribution is 2.16. The van der Waals surface area contributed by atoms with Gasteiger partial charge in [0, 0.05) is 6.54 Å². The minimum absolute atomic E-state index is 0.00569. The molecule has 0 radical (unpaired) electrons. The third-order valence-electron chi connectivity index (χ3n) is 2.29. The number of aliphatic hydroxyl groups excluding tert-OH is 2. The standard InChI is InChI=1S/C8H15NO3/c10-5-7-3-1-2-4-9(7)8(12)6-11/h7,10-11H,1-6H2/t7-/m0/s1. The predicted octanol–water partition coefficient (Wildman–Crippen LogP) is -0.648. The van der Waals surface area contributed by atoms with Gasteiger partial charge in [-0.2, -0.15) is 0 Å². The number of piperidine rings is 1. The van der Waals surface area contributed by atoms with Crippen molar-refractivity contribution in [3.8, 4) is 0 Å². The molecule has 0 aromatic heterocycles. The van der Waals surface area contributed by atoms with Crippen LogP contribution in [0.2, 0.25) is 0 Å². The maximum absolute atomic E-state index is 11.1.